The minimum absolute atomic E-state index is 0.211. The van der Waals surface area contributed by atoms with Crippen LogP contribution in [-0.2, 0) is 0 Å². The molecule has 164 valence electrons. The van der Waals surface area contributed by atoms with Gasteiger partial charge in [0.25, 0.3) is 5.56 Å². The molecule has 6 rings (SSSR count). The predicted molar refractivity (Wildman–Crippen MR) is 124 cm³/mol. The van der Waals surface area contributed by atoms with Crippen molar-refractivity contribution in [3.8, 4) is 16.9 Å². The van der Waals surface area contributed by atoms with Gasteiger partial charge in [-0.3, -0.25) is 9.69 Å². The van der Waals surface area contributed by atoms with Crippen LogP contribution in [0, 0.1) is 5.82 Å². The van der Waals surface area contributed by atoms with Gasteiger partial charge in [-0.1, -0.05) is 31.0 Å². The van der Waals surface area contributed by atoms with Crippen LogP contribution < -0.4 is 10.5 Å². The Hall–Kier alpha value is -3.19. The molecule has 0 aromatic heterocycles. The third-order valence-electron chi connectivity index (χ3n) is 7.09. The molecule has 4 aliphatic rings. The maximum atomic E-state index is 15.3. The summed E-state index contributed by atoms with van der Waals surface area (Å²) < 4.78 is 16.7. The summed E-state index contributed by atoms with van der Waals surface area (Å²) in [6.45, 7) is 3.61. The number of nitrogens with zero attached hydrogens (tertiary/aromatic N) is 4. The molecule has 32 heavy (non-hydrogen) atoms. The van der Waals surface area contributed by atoms with Gasteiger partial charge in [-0.05, 0) is 37.1 Å². The van der Waals surface area contributed by atoms with E-state index in [1.165, 1.54) is 36.4 Å². The Kier molecular flexibility index (Phi) is 4.72. The number of piperazine rings is 1. The van der Waals surface area contributed by atoms with Crippen molar-refractivity contribution in [2.45, 2.75) is 31.7 Å². The zero-order valence-corrected chi connectivity index (χ0v) is 17.9. The number of nitrogens with one attached hydrogen (secondary N) is 1. The largest absolute Gasteiger partial charge is 0.367 e. The summed E-state index contributed by atoms with van der Waals surface area (Å²) in [5.74, 6) is -0.269. The van der Waals surface area contributed by atoms with Gasteiger partial charge in [-0.25, -0.2) is 4.39 Å². The zero-order chi connectivity index (χ0) is 21.7. The normalized spacial score (nSPS) is 18.2. The Morgan fingerprint density at radius 3 is 2.50 bits per heavy atom. The fourth-order valence-electron chi connectivity index (χ4n) is 5.35. The minimum Gasteiger partial charge on any atom is -0.367 e. The third-order valence-corrected chi connectivity index (χ3v) is 7.09. The highest BCUT2D eigenvalue weighted by molar-refractivity contribution is 5.95. The average Bonchev–Trinajstić information content (AvgIpc) is 3.48. The highest BCUT2D eigenvalue weighted by atomic mass is 19.1. The van der Waals surface area contributed by atoms with Crippen molar-refractivity contribution in [3.05, 3.63) is 64.8 Å². The Bertz CT molecular complexity index is 1280. The lowest BCUT2D eigenvalue weighted by Crippen LogP contribution is -2.50. The van der Waals surface area contributed by atoms with Crippen LogP contribution in [0.1, 0.15) is 25.7 Å². The second-order valence-electron chi connectivity index (χ2n) is 8.91. The summed E-state index contributed by atoms with van der Waals surface area (Å²) in [7, 11) is 0. The molecule has 1 saturated carbocycles. The highest BCUT2D eigenvalue weighted by Gasteiger charge is 2.28. The summed E-state index contributed by atoms with van der Waals surface area (Å²) in [4.78, 5) is 20.8. The number of anilines is 1. The van der Waals surface area contributed by atoms with E-state index in [4.69, 9.17) is 0 Å². The van der Waals surface area contributed by atoms with Crippen molar-refractivity contribution in [3.63, 3.8) is 0 Å². The number of para-hydroxylation sites is 1. The van der Waals surface area contributed by atoms with Crippen molar-refractivity contribution >= 4 is 16.6 Å². The van der Waals surface area contributed by atoms with Crippen LogP contribution in [0.2, 0.25) is 0 Å². The number of H-pyrrole nitrogens is 1. The maximum absolute atomic E-state index is 15.3. The lowest BCUT2D eigenvalue weighted by Gasteiger charge is -2.39. The number of fused-ring (bicyclic) bond motifs is 3. The Morgan fingerprint density at radius 1 is 1.00 bits per heavy atom. The number of halogens is 1. The molecular formula is C25H26FN5O. The summed E-state index contributed by atoms with van der Waals surface area (Å²) >= 11 is 0. The number of hydrogen-bond donors (Lipinski definition) is 1. The van der Waals surface area contributed by atoms with E-state index in [0.717, 1.165) is 31.7 Å². The molecule has 6 nitrogen and oxygen atoms in total. The van der Waals surface area contributed by atoms with E-state index in [-0.39, 0.29) is 11.4 Å². The summed E-state index contributed by atoms with van der Waals surface area (Å²) in [5.41, 5.74) is 2.85. The number of aromatic amines is 1. The van der Waals surface area contributed by atoms with E-state index in [2.05, 4.69) is 19.9 Å². The number of rotatable bonds is 3. The lowest BCUT2D eigenvalue weighted by atomic mass is 10.1. The van der Waals surface area contributed by atoms with Crippen LogP contribution in [0.3, 0.4) is 0 Å². The van der Waals surface area contributed by atoms with Crippen molar-refractivity contribution in [2.24, 2.45) is 0 Å². The van der Waals surface area contributed by atoms with Gasteiger partial charge < -0.3 is 9.88 Å². The standard InChI is InChI=1S/C25H26FN5O/c26-21-14-19-22(15-23(21)30-12-10-29(11-13-30)17-6-4-5-7-17)27-16-20-24(19)28-31(25(20)32)18-8-2-1-3-9-18/h1-3,8-9,14-17,27H,4-7,10-13H2. The number of pyridine rings is 1. The first-order valence-corrected chi connectivity index (χ1v) is 11.5. The molecule has 1 N–H and O–H groups in total. The summed E-state index contributed by atoms with van der Waals surface area (Å²) in [6, 6.07) is 13.4. The zero-order valence-electron chi connectivity index (χ0n) is 17.9. The molecule has 0 spiro atoms. The minimum atomic E-state index is -0.269. The third kappa shape index (κ3) is 3.19. The molecule has 2 fully saturated rings. The van der Waals surface area contributed by atoms with Gasteiger partial charge in [0.05, 0.1) is 16.9 Å². The van der Waals surface area contributed by atoms with Crippen LogP contribution in [0.25, 0.3) is 27.8 Å². The van der Waals surface area contributed by atoms with Gasteiger partial charge in [-0.15, -0.1) is 0 Å². The maximum Gasteiger partial charge on any atom is 0.282 e. The molecule has 7 heteroatoms. The van der Waals surface area contributed by atoms with Crippen LogP contribution in [0.15, 0.2) is 53.5 Å². The number of aromatic nitrogens is 3. The van der Waals surface area contributed by atoms with Gasteiger partial charge in [0.1, 0.15) is 11.5 Å². The Labute approximate surface area is 185 Å². The van der Waals surface area contributed by atoms with E-state index in [1.54, 1.807) is 6.20 Å². The monoisotopic (exact) mass is 431 g/mol. The fraction of sp³-hybridized carbons (Fsp3) is 0.360. The van der Waals surface area contributed by atoms with E-state index in [9.17, 15) is 4.79 Å². The molecule has 0 unspecified atom stereocenters. The van der Waals surface area contributed by atoms with Crippen LogP contribution >= 0.6 is 0 Å². The highest BCUT2D eigenvalue weighted by Crippen LogP contribution is 2.32. The molecule has 3 aliphatic heterocycles. The second-order valence-corrected chi connectivity index (χ2v) is 8.91. The van der Waals surface area contributed by atoms with Gasteiger partial charge >= 0.3 is 0 Å². The topological polar surface area (TPSA) is 57.2 Å². The van der Waals surface area contributed by atoms with Crippen LogP contribution in [0.4, 0.5) is 10.1 Å². The smallest absolute Gasteiger partial charge is 0.282 e. The van der Waals surface area contributed by atoms with Crippen molar-refractivity contribution in [2.75, 3.05) is 31.1 Å². The predicted octanol–water partition coefficient (Wildman–Crippen LogP) is 4.02. The van der Waals surface area contributed by atoms with Gasteiger partial charge in [-0.2, -0.15) is 9.78 Å². The quantitative estimate of drug-likeness (QED) is 0.532. The molecule has 0 bridgehead atoms. The molecule has 1 aliphatic carbocycles. The van der Waals surface area contributed by atoms with Gasteiger partial charge in [0.2, 0.25) is 0 Å². The first-order chi connectivity index (χ1) is 15.7. The van der Waals surface area contributed by atoms with E-state index in [0.29, 0.717) is 34.1 Å². The van der Waals surface area contributed by atoms with Crippen molar-refractivity contribution in [1.29, 1.82) is 0 Å². The molecule has 0 amide bonds. The summed E-state index contributed by atoms with van der Waals surface area (Å²) in [5, 5.41) is 5.17. The molecule has 1 saturated heterocycles. The SMILES string of the molecule is O=c1c2c[nH]c3cc(N4CCN(C5CCCC5)CC4)c(F)cc3c-2nn1-c1ccccc1. The molecular weight excluding hydrogens is 405 g/mol. The molecule has 0 atom stereocenters. The molecule has 0 radical (unpaired) electrons. The van der Waals surface area contributed by atoms with Crippen molar-refractivity contribution < 1.29 is 4.39 Å². The van der Waals surface area contributed by atoms with E-state index >= 15 is 4.39 Å². The van der Waals surface area contributed by atoms with Gasteiger partial charge in [0, 0.05) is 49.3 Å². The molecule has 2 aromatic carbocycles. The Balaban J connectivity index is 1.34. The van der Waals surface area contributed by atoms with Crippen LogP contribution in [-0.4, -0.2) is 51.9 Å². The second kappa shape index (κ2) is 7.74. The van der Waals surface area contributed by atoms with E-state index < -0.39 is 0 Å². The average molecular weight is 432 g/mol. The van der Waals surface area contributed by atoms with E-state index in [1.807, 2.05) is 36.4 Å². The lowest BCUT2D eigenvalue weighted by molar-refractivity contribution is 0.187. The summed E-state index contributed by atoms with van der Waals surface area (Å²) in [6.07, 6.45) is 6.95. The number of benzene rings is 2. The molecule has 2 aromatic rings. The fourth-order valence-corrected chi connectivity index (χ4v) is 5.35. The first kappa shape index (κ1) is 19.5. The number of hydrogen-bond acceptors (Lipinski definition) is 4. The first-order valence-electron chi connectivity index (χ1n) is 11.5. The van der Waals surface area contributed by atoms with Crippen LogP contribution in [0.5, 0.6) is 0 Å². The van der Waals surface area contributed by atoms with Gasteiger partial charge in [0.15, 0.2) is 0 Å². The Morgan fingerprint density at radius 2 is 1.75 bits per heavy atom. The van der Waals surface area contributed by atoms with Crippen molar-refractivity contribution in [1.82, 2.24) is 19.7 Å². The molecule has 3 heterocycles.